The Bertz CT molecular complexity index is 662. The van der Waals surface area contributed by atoms with Gasteiger partial charge in [0.1, 0.15) is 0 Å². The summed E-state index contributed by atoms with van der Waals surface area (Å²) >= 11 is 0. The zero-order valence-corrected chi connectivity index (χ0v) is 11.4. The van der Waals surface area contributed by atoms with E-state index in [4.69, 9.17) is 5.73 Å². The number of fused-ring (bicyclic) bond motifs is 2. The van der Waals surface area contributed by atoms with Gasteiger partial charge >= 0.3 is 0 Å². The zero-order valence-electron chi connectivity index (χ0n) is 11.4. The van der Waals surface area contributed by atoms with Crippen molar-refractivity contribution in [3.8, 4) is 0 Å². The second-order valence-electron chi connectivity index (χ2n) is 5.55. The number of benzene rings is 1. The van der Waals surface area contributed by atoms with Gasteiger partial charge in [0, 0.05) is 17.3 Å². The normalized spacial score (nSPS) is 24.2. The third-order valence-electron chi connectivity index (χ3n) is 4.37. The molecule has 3 aliphatic rings. The van der Waals surface area contributed by atoms with Crippen molar-refractivity contribution in [2.45, 2.75) is 19.3 Å². The molecule has 0 spiro atoms. The number of hydrogen-bond acceptors (Lipinski definition) is 2. The Hall–Kier alpha value is -2.22. The van der Waals surface area contributed by atoms with Crippen LogP contribution in [0.15, 0.2) is 77.3 Å². The van der Waals surface area contributed by atoms with Gasteiger partial charge in [-0.1, -0.05) is 36.4 Å². The summed E-state index contributed by atoms with van der Waals surface area (Å²) in [6.45, 7) is 0. The predicted molar refractivity (Wildman–Crippen MR) is 82.8 cm³/mol. The highest BCUT2D eigenvalue weighted by molar-refractivity contribution is 5.68. The molecule has 0 saturated heterocycles. The molecule has 0 radical (unpaired) electrons. The highest BCUT2D eigenvalue weighted by Gasteiger charge is 2.38. The molecule has 1 aromatic rings. The number of para-hydroxylation sites is 1. The Balaban J connectivity index is 1.92. The monoisotopic (exact) mass is 262 g/mol. The quantitative estimate of drug-likeness (QED) is 0.832. The lowest BCUT2D eigenvalue weighted by atomic mass is 9.88. The average molecular weight is 262 g/mol. The highest BCUT2D eigenvalue weighted by Crippen LogP contribution is 2.47. The predicted octanol–water partition coefficient (Wildman–Crippen LogP) is 3.86. The van der Waals surface area contributed by atoms with E-state index in [0.717, 1.165) is 25.0 Å². The van der Waals surface area contributed by atoms with Crippen molar-refractivity contribution >= 4 is 5.69 Å². The van der Waals surface area contributed by atoms with E-state index in [9.17, 15) is 0 Å². The van der Waals surface area contributed by atoms with E-state index < -0.39 is 0 Å². The molecule has 1 aliphatic heterocycles. The molecule has 0 amide bonds. The summed E-state index contributed by atoms with van der Waals surface area (Å²) in [6.07, 6.45) is 12.1. The molecule has 0 aromatic heterocycles. The summed E-state index contributed by atoms with van der Waals surface area (Å²) in [5, 5.41) is 0. The molecule has 1 aromatic carbocycles. The van der Waals surface area contributed by atoms with Crippen molar-refractivity contribution < 1.29 is 0 Å². The maximum absolute atomic E-state index is 6.30. The second kappa shape index (κ2) is 4.41. The van der Waals surface area contributed by atoms with E-state index in [-0.39, 0.29) is 0 Å². The maximum Gasteiger partial charge on any atom is 0.0537 e. The highest BCUT2D eigenvalue weighted by atomic mass is 15.2. The molecule has 20 heavy (non-hydrogen) atoms. The summed E-state index contributed by atoms with van der Waals surface area (Å²) in [5.74, 6) is 0.437. The van der Waals surface area contributed by atoms with Crippen molar-refractivity contribution in [3.05, 3.63) is 77.3 Å². The first kappa shape index (κ1) is 11.6. The summed E-state index contributed by atoms with van der Waals surface area (Å²) in [7, 11) is 0. The van der Waals surface area contributed by atoms with Gasteiger partial charge in [-0.2, -0.15) is 0 Å². The summed E-state index contributed by atoms with van der Waals surface area (Å²) in [4.78, 5) is 2.39. The minimum atomic E-state index is 0.437. The number of nitrogens with zero attached hydrogens (tertiary/aromatic N) is 1. The van der Waals surface area contributed by atoms with Crippen LogP contribution >= 0.6 is 0 Å². The topological polar surface area (TPSA) is 29.3 Å². The molecule has 2 heteroatoms. The molecule has 0 bridgehead atoms. The molecule has 0 fully saturated rings. The third kappa shape index (κ3) is 1.58. The molecule has 2 nitrogen and oxygen atoms in total. The lowest BCUT2D eigenvalue weighted by molar-refractivity contribution is 0.735. The summed E-state index contributed by atoms with van der Waals surface area (Å²) in [6, 6.07) is 10.6. The van der Waals surface area contributed by atoms with Gasteiger partial charge in [-0.25, -0.2) is 0 Å². The number of anilines is 1. The first-order valence-corrected chi connectivity index (χ1v) is 7.27. The lowest BCUT2D eigenvalue weighted by Gasteiger charge is -2.28. The summed E-state index contributed by atoms with van der Waals surface area (Å²) in [5.41, 5.74) is 12.6. The Morgan fingerprint density at radius 1 is 1.05 bits per heavy atom. The zero-order chi connectivity index (χ0) is 13.5. The van der Waals surface area contributed by atoms with Gasteiger partial charge in [0.2, 0.25) is 0 Å². The maximum atomic E-state index is 6.30. The van der Waals surface area contributed by atoms with E-state index in [2.05, 4.69) is 59.5 Å². The van der Waals surface area contributed by atoms with Crippen LogP contribution in [-0.2, 0) is 0 Å². The standard InChI is InChI=1S/C18H18N2/c19-16-11-6-10-15-14-9-4-5-12-17(14)20(18(15)16)13-7-2-1-3-8-13/h1-4,6-9,11,15H,5,10,12,19H2. The van der Waals surface area contributed by atoms with Crippen LogP contribution in [-0.4, -0.2) is 0 Å². The Labute approximate surface area is 119 Å². The average Bonchev–Trinajstić information content (AvgIpc) is 2.84. The molecular weight excluding hydrogens is 244 g/mol. The Kier molecular flexibility index (Phi) is 2.56. The molecule has 2 aliphatic carbocycles. The lowest BCUT2D eigenvalue weighted by Crippen LogP contribution is -2.24. The van der Waals surface area contributed by atoms with Crippen molar-refractivity contribution in [1.29, 1.82) is 0 Å². The van der Waals surface area contributed by atoms with Crippen LogP contribution in [0.4, 0.5) is 5.69 Å². The first-order valence-electron chi connectivity index (χ1n) is 7.27. The second-order valence-corrected chi connectivity index (χ2v) is 5.55. The van der Waals surface area contributed by atoms with E-state index >= 15 is 0 Å². The van der Waals surface area contributed by atoms with Crippen molar-refractivity contribution in [2.75, 3.05) is 4.90 Å². The van der Waals surface area contributed by atoms with Gasteiger partial charge in [-0.15, -0.1) is 0 Å². The van der Waals surface area contributed by atoms with E-state index in [1.807, 2.05) is 0 Å². The van der Waals surface area contributed by atoms with Crippen LogP contribution in [0.1, 0.15) is 19.3 Å². The minimum absolute atomic E-state index is 0.437. The van der Waals surface area contributed by atoms with Crippen LogP contribution < -0.4 is 10.6 Å². The smallest absolute Gasteiger partial charge is 0.0537 e. The first-order chi connectivity index (χ1) is 9.86. The minimum Gasteiger partial charge on any atom is -0.397 e. The van der Waals surface area contributed by atoms with E-state index in [1.54, 1.807) is 0 Å². The van der Waals surface area contributed by atoms with Gasteiger partial charge in [-0.3, -0.25) is 0 Å². The number of allylic oxidation sites excluding steroid dienone is 6. The van der Waals surface area contributed by atoms with Crippen LogP contribution in [0.2, 0.25) is 0 Å². The fraction of sp³-hybridized carbons (Fsp3) is 0.222. The van der Waals surface area contributed by atoms with Gasteiger partial charge < -0.3 is 10.6 Å². The fourth-order valence-corrected chi connectivity index (χ4v) is 3.53. The van der Waals surface area contributed by atoms with Crippen molar-refractivity contribution in [3.63, 3.8) is 0 Å². The molecule has 1 atom stereocenters. The van der Waals surface area contributed by atoms with Gasteiger partial charge in [0.15, 0.2) is 0 Å². The van der Waals surface area contributed by atoms with E-state index in [1.165, 1.54) is 22.7 Å². The molecule has 4 rings (SSSR count). The number of nitrogens with two attached hydrogens (primary N) is 1. The molecule has 1 heterocycles. The molecular formula is C18H18N2. The molecule has 100 valence electrons. The largest absolute Gasteiger partial charge is 0.397 e. The van der Waals surface area contributed by atoms with Crippen LogP contribution in [0.3, 0.4) is 0 Å². The molecule has 2 N–H and O–H groups in total. The van der Waals surface area contributed by atoms with Crippen LogP contribution in [0, 0.1) is 5.92 Å². The van der Waals surface area contributed by atoms with Gasteiger partial charge in [0.05, 0.1) is 11.4 Å². The number of hydrogen-bond donors (Lipinski definition) is 1. The van der Waals surface area contributed by atoms with Crippen LogP contribution in [0.5, 0.6) is 0 Å². The Morgan fingerprint density at radius 2 is 1.90 bits per heavy atom. The van der Waals surface area contributed by atoms with Crippen molar-refractivity contribution in [2.24, 2.45) is 11.7 Å². The summed E-state index contributed by atoms with van der Waals surface area (Å²) < 4.78 is 0. The van der Waals surface area contributed by atoms with Crippen LogP contribution in [0.25, 0.3) is 0 Å². The number of rotatable bonds is 1. The van der Waals surface area contributed by atoms with Gasteiger partial charge in [0.25, 0.3) is 0 Å². The van der Waals surface area contributed by atoms with E-state index in [0.29, 0.717) is 5.92 Å². The Morgan fingerprint density at radius 3 is 2.75 bits per heavy atom. The fourth-order valence-electron chi connectivity index (χ4n) is 3.53. The molecule has 0 saturated carbocycles. The van der Waals surface area contributed by atoms with Crippen molar-refractivity contribution in [1.82, 2.24) is 0 Å². The SMILES string of the molecule is NC1=C2C(CC=C1)C1=C(CCC=C1)N2c1ccccc1. The third-order valence-corrected chi connectivity index (χ3v) is 4.37. The molecule has 1 unspecified atom stereocenters. The van der Waals surface area contributed by atoms with Gasteiger partial charge in [-0.05, 0) is 43.0 Å².